The fourth-order valence-corrected chi connectivity index (χ4v) is 7.05. The molecular formula is C29H30N6O3S. The molecule has 1 amide bonds. The maximum absolute atomic E-state index is 14.0. The van der Waals surface area contributed by atoms with E-state index in [0.29, 0.717) is 61.1 Å². The van der Waals surface area contributed by atoms with Gasteiger partial charge in [-0.2, -0.15) is 0 Å². The zero-order chi connectivity index (χ0) is 27.5. The van der Waals surface area contributed by atoms with Gasteiger partial charge >= 0.3 is 0 Å². The third kappa shape index (κ3) is 4.07. The van der Waals surface area contributed by atoms with E-state index in [4.69, 9.17) is 27.7 Å². The minimum Gasteiger partial charge on any atom is -0.439 e. The van der Waals surface area contributed by atoms with Crippen molar-refractivity contribution in [1.82, 2.24) is 10.3 Å². The fraction of sp³-hybridized carbons (Fsp3) is 0.276. The summed E-state index contributed by atoms with van der Waals surface area (Å²) in [6, 6.07) is 15.1. The number of aryl methyl sites for hydroxylation is 1. The molecule has 2 unspecified atom stereocenters. The van der Waals surface area contributed by atoms with Crippen molar-refractivity contribution in [3.05, 3.63) is 81.9 Å². The predicted molar refractivity (Wildman–Crippen MR) is 152 cm³/mol. The minimum atomic E-state index is -1.59. The van der Waals surface area contributed by atoms with Crippen LogP contribution in [-0.4, -0.2) is 28.8 Å². The van der Waals surface area contributed by atoms with Gasteiger partial charge in [0.1, 0.15) is 11.3 Å². The Hall–Kier alpha value is -3.83. The molecule has 2 aromatic carbocycles. The molecule has 10 heteroatoms. The molecule has 0 bridgehead atoms. The van der Waals surface area contributed by atoms with Crippen LogP contribution >= 0.6 is 11.3 Å². The topological polar surface area (TPSA) is 172 Å². The number of benzene rings is 2. The number of hydrogen-bond donors (Lipinski definition) is 5. The molecule has 1 saturated carbocycles. The predicted octanol–water partition coefficient (Wildman–Crippen LogP) is 3.37. The van der Waals surface area contributed by atoms with E-state index >= 15 is 0 Å². The highest BCUT2D eigenvalue weighted by molar-refractivity contribution is 7.21. The molecule has 6 rings (SSSR count). The number of nitrogens with one attached hydrogen (secondary N) is 1. The number of nitrogens with two attached hydrogens (primary N) is 4. The minimum absolute atomic E-state index is 0.0174. The Labute approximate surface area is 229 Å². The third-order valence-electron chi connectivity index (χ3n) is 7.78. The fourth-order valence-electron chi connectivity index (χ4n) is 5.85. The number of nitrogen functional groups attached to an aromatic ring is 1. The number of ether oxygens (including phenoxy) is 1. The number of amides is 1. The molecule has 0 radical (unpaired) electrons. The van der Waals surface area contributed by atoms with Gasteiger partial charge in [0.05, 0.1) is 15.6 Å². The van der Waals surface area contributed by atoms with E-state index in [9.17, 15) is 9.59 Å². The molecule has 0 saturated heterocycles. The molecule has 0 spiro atoms. The van der Waals surface area contributed by atoms with Crippen LogP contribution in [0.2, 0.25) is 0 Å². The van der Waals surface area contributed by atoms with Gasteiger partial charge in [0.15, 0.2) is 5.78 Å². The van der Waals surface area contributed by atoms with Crippen LogP contribution in [0.5, 0.6) is 11.6 Å². The number of rotatable bonds is 5. The summed E-state index contributed by atoms with van der Waals surface area (Å²) in [6.45, 7) is 1.78. The average Bonchev–Trinajstić information content (AvgIpc) is 3.52. The van der Waals surface area contributed by atoms with Crippen molar-refractivity contribution < 1.29 is 14.3 Å². The lowest BCUT2D eigenvalue weighted by Gasteiger charge is -2.37. The van der Waals surface area contributed by atoms with Gasteiger partial charge in [0.25, 0.3) is 5.91 Å². The normalized spacial score (nSPS) is 24.2. The summed E-state index contributed by atoms with van der Waals surface area (Å²) in [5.74, 6) is 0.327. The van der Waals surface area contributed by atoms with E-state index in [2.05, 4.69) is 10.3 Å². The Morgan fingerprint density at radius 1 is 1.08 bits per heavy atom. The summed E-state index contributed by atoms with van der Waals surface area (Å²) in [7, 11) is 0. The Morgan fingerprint density at radius 3 is 2.51 bits per heavy atom. The summed E-state index contributed by atoms with van der Waals surface area (Å²) >= 11 is 1.24. The number of Topliss-reactive ketones (excluding diaryl/α,β-unsaturated/α-hetero) is 1. The van der Waals surface area contributed by atoms with Crippen molar-refractivity contribution >= 4 is 38.8 Å². The zero-order valence-corrected chi connectivity index (χ0v) is 22.3. The lowest BCUT2D eigenvalue weighted by atomic mass is 9.70. The maximum Gasteiger partial charge on any atom is 0.261 e. The van der Waals surface area contributed by atoms with Crippen LogP contribution in [-0.2, 0) is 10.3 Å². The van der Waals surface area contributed by atoms with Gasteiger partial charge in [-0.05, 0) is 56.0 Å². The number of thiophene rings is 1. The first kappa shape index (κ1) is 25.4. The lowest BCUT2D eigenvalue weighted by Crippen LogP contribution is -2.53. The Morgan fingerprint density at radius 2 is 1.82 bits per heavy atom. The molecule has 2 heterocycles. The van der Waals surface area contributed by atoms with Crippen molar-refractivity contribution in [2.24, 2.45) is 17.2 Å². The summed E-state index contributed by atoms with van der Waals surface area (Å²) in [6.07, 6.45) is 2.39. The number of carbonyl (C=O) groups excluding carboxylic acids is 2. The Balaban J connectivity index is 1.45. The quantitative estimate of drug-likeness (QED) is 0.239. The van der Waals surface area contributed by atoms with Gasteiger partial charge in [-0.25, -0.2) is 4.98 Å². The monoisotopic (exact) mass is 542 g/mol. The lowest BCUT2D eigenvalue weighted by molar-refractivity contribution is -0.124. The zero-order valence-electron chi connectivity index (χ0n) is 21.4. The van der Waals surface area contributed by atoms with E-state index in [-0.39, 0.29) is 18.0 Å². The molecule has 2 aromatic heterocycles. The van der Waals surface area contributed by atoms with Crippen molar-refractivity contribution in [2.75, 3.05) is 5.73 Å². The maximum atomic E-state index is 14.0. The van der Waals surface area contributed by atoms with Crippen molar-refractivity contribution in [2.45, 2.75) is 49.9 Å². The smallest absolute Gasteiger partial charge is 0.261 e. The second-order valence-electron chi connectivity index (χ2n) is 10.3. The van der Waals surface area contributed by atoms with E-state index in [0.717, 1.165) is 12.8 Å². The summed E-state index contributed by atoms with van der Waals surface area (Å²) < 4.78 is 6.56. The number of anilines is 1. The average molecular weight is 543 g/mol. The van der Waals surface area contributed by atoms with E-state index in [1.54, 1.807) is 31.2 Å². The molecule has 4 atom stereocenters. The summed E-state index contributed by atoms with van der Waals surface area (Å²) in [5.41, 5.74) is 27.0. The highest BCUT2D eigenvalue weighted by Crippen LogP contribution is 2.50. The number of para-hydroxylation sites is 1. The highest BCUT2D eigenvalue weighted by atomic mass is 32.1. The van der Waals surface area contributed by atoms with Gasteiger partial charge in [0, 0.05) is 46.0 Å². The molecule has 2 aliphatic carbocycles. The molecule has 4 aromatic rings. The first-order chi connectivity index (χ1) is 18.7. The highest BCUT2D eigenvalue weighted by Gasteiger charge is 2.49. The van der Waals surface area contributed by atoms with Crippen LogP contribution in [0.25, 0.3) is 10.1 Å². The summed E-state index contributed by atoms with van der Waals surface area (Å²) in [4.78, 5) is 32.4. The van der Waals surface area contributed by atoms with Crippen LogP contribution in [0.3, 0.4) is 0 Å². The van der Waals surface area contributed by atoms with E-state index < -0.39 is 17.4 Å². The van der Waals surface area contributed by atoms with Crippen LogP contribution < -0.4 is 33.0 Å². The number of hydrogen-bond acceptors (Lipinski definition) is 9. The van der Waals surface area contributed by atoms with Crippen LogP contribution in [0, 0.1) is 6.92 Å². The molecule has 200 valence electrons. The largest absolute Gasteiger partial charge is 0.439 e. The van der Waals surface area contributed by atoms with Gasteiger partial charge in [-0.1, -0.05) is 24.3 Å². The van der Waals surface area contributed by atoms with Crippen LogP contribution in [0.1, 0.15) is 57.4 Å². The molecule has 2 aliphatic rings. The van der Waals surface area contributed by atoms with Gasteiger partial charge in [0.2, 0.25) is 5.88 Å². The van der Waals surface area contributed by atoms with Gasteiger partial charge < -0.3 is 33.0 Å². The number of carbonyl (C=O) groups is 2. The van der Waals surface area contributed by atoms with E-state index in [1.807, 2.05) is 30.3 Å². The van der Waals surface area contributed by atoms with Gasteiger partial charge in [-0.15, -0.1) is 11.3 Å². The standard InChI is InChI=1S/C29H30N6O3S/c1-14-18(10-12-21(34-14)38-17-5-3-2-4-6-17)29(33)19-9-11-20(31)25-22(19)23(24(32)27(29)36)26(39-25)28(37)35-16-8-7-15(30)13-16/h2-6,9-12,15-16,24H,7-8,13,30-33H2,1H3,(H,35,37)/t15-,16-,24?,29?/m0/s1. The molecule has 1 fully saturated rings. The molecular weight excluding hydrogens is 512 g/mol. The molecule has 39 heavy (non-hydrogen) atoms. The third-order valence-corrected chi connectivity index (χ3v) is 9.03. The first-order valence-electron chi connectivity index (χ1n) is 12.9. The van der Waals surface area contributed by atoms with Crippen molar-refractivity contribution in [1.29, 1.82) is 0 Å². The summed E-state index contributed by atoms with van der Waals surface area (Å²) in [5, 5.41) is 3.74. The van der Waals surface area contributed by atoms with Crippen molar-refractivity contribution in [3.8, 4) is 11.6 Å². The van der Waals surface area contributed by atoms with Crippen LogP contribution in [0.15, 0.2) is 54.6 Å². The molecule has 0 aliphatic heterocycles. The van der Waals surface area contributed by atoms with Gasteiger partial charge in [-0.3, -0.25) is 9.59 Å². The number of ketones is 1. The number of aromatic nitrogens is 1. The van der Waals surface area contributed by atoms with Crippen molar-refractivity contribution in [3.63, 3.8) is 0 Å². The molecule has 9 N–H and O–H groups in total. The van der Waals surface area contributed by atoms with E-state index in [1.165, 1.54) is 11.3 Å². The van der Waals surface area contributed by atoms with Crippen LogP contribution in [0.4, 0.5) is 5.69 Å². The second kappa shape index (κ2) is 9.42. The number of nitrogens with zero attached hydrogens (tertiary/aromatic N) is 1. The second-order valence-corrected chi connectivity index (χ2v) is 11.4. The first-order valence-corrected chi connectivity index (χ1v) is 13.7. The Kier molecular flexibility index (Phi) is 6.15. The molecule has 9 nitrogen and oxygen atoms in total. The Bertz CT molecular complexity index is 1620. The SMILES string of the molecule is Cc1nc(Oc2ccccc2)ccc1C1(N)C(=O)C(N)c2c(C(=O)N[C@H]3CC[C@H](N)C3)sc3c(N)ccc1c23. The number of pyridine rings is 1.